The Morgan fingerprint density at radius 1 is 1.57 bits per heavy atom. The second-order valence-corrected chi connectivity index (χ2v) is 3.71. The van der Waals surface area contributed by atoms with E-state index in [4.69, 9.17) is 5.11 Å². The Kier molecular flexibility index (Phi) is 4.10. The number of aliphatic carboxylic acids is 1. The number of carboxylic acids is 1. The lowest BCUT2D eigenvalue weighted by Gasteiger charge is -2.32. The molecular weight excluding hydrogens is 182 g/mol. The zero-order valence-electron chi connectivity index (χ0n) is 8.39. The van der Waals surface area contributed by atoms with Gasteiger partial charge in [-0.1, -0.05) is 12.2 Å². The molecule has 4 nitrogen and oxygen atoms in total. The average Bonchev–Trinajstić information content (AvgIpc) is 2.14. The number of nitrogens with zero attached hydrogens (tertiary/aromatic N) is 1. The van der Waals surface area contributed by atoms with Crippen LogP contribution in [-0.2, 0) is 4.79 Å². The van der Waals surface area contributed by atoms with Gasteiger partial charge in [0.1, 0.15) is 0 Å². The van der Waals surface area contributed by atoms with Gasteiger partial charge in [-0.25, -0.2) is 0 Å². The number of carbonyl (C=O) groups is 1. The molecule has 1 aliphatic rings. The fourth-order valence-corrected chi connectivity index (χ4v) is 1.74. The summed E-state index contributed by atoms with van der Waals surface area (Å²) in [7, 11) is 0. The van der Waals surface area contributed by atoms with Gasteiger partial charge in [-0.05, 0) is 13.3 Å². The molecule has 4 heteroatoms. The molecular formula is C10H17NO3. The van der Waals surface area contributed by atoms with Crippen molar-refractivity contribution < 1.29 is 15.0 Å². The zero-order valence-corrected chi connectivity index (χ0v) is 8.39. The molecule has 0 saturated carbocycles. The van der Waals surface area contributed by atoms with E-state index in [1.165, 1.54) is 0 Å². The molecule has 1 fully saturated rings. The van der Waals surface area contributed by atoms with Crippen LogP contribution in [-0.4, -0.2) is 46.8 Å². The van der Waals surface area contributed by atoms with Gasteiger partial charge in [0, 0.05) is 19.6 Å². The Hall–Kier alpha value is -0.870. The number of allylic oxidation sites excluding steroid dienone is 1. The molecule has 2 atom stereocenters. The molecule has 0 amide bonds. The first-order chi connectivity index (χ1) is 6.63. The molecule has 0 aliphatic carbocycles. The van der Waals surface area contributed by atoms with Gasteiger partial charge < -0.3 is 10.2 Å². The maximum Gasteiger partial charge on any atom is 0.307 e. The van der Waals surface area contributed by atoms with Gasteiger partial charge in [0.2, 0.25) is 0 Å². The summed E-state index contributed by atoms with van der Waals surface area (Å²) in [4.78, 5) is 12.7. The average molecular weight is 199 g/mol. The number of β-amino-alcohol motifs (C(OH)–C–C–N with tert-alkyl or cyclic N) is 1. The van der Waals surface area contributed by atoms with Crippen molar-refractivity contribution in [3.63, 3.8) is 0 Å². The molecule has 1 saturated heterocycles. The van der Waals surface area contributed by atoms with Crippen LogP contribution in [0.5, 0.6) is 0 Å². The molecule has 80 valence electrons. The first-order valence-corrected chi connectivity index (χ1v) is 4.88. The molecule has 0 aromatic heterocycles. The maximum atomic E-state index is 10.8. The number of hydrogen-bond donors (Lipinski definition) is 2. The van der Waals surface area contributed by atoms with Gasteiger partial charge in [0.25, 0.3) is 0 Å². The van der Waals surface area contributed by atoms with Gasteiger partial charge in [-0.15, -0.1) is 0 Å². The number of aliphatic hydroxyl groups excluding tert-OH is 1. The van der Waals surface area contributed by atoms with E-state index in [2.05, 4.69) is 0 Å². The molecule has 0 spiro atoms. The van der Waals surface area contributed by atoms with Gasteiger partial charge >= 0.3 is 5.97 Å². The SMILES string of the molecule is CC=CCN1CC(O)CC(C(=O)O)C1. The van der Waals surface area contributed by atoms with Crippen LogP contribution in [0.3, 0.4) is 0 Å². The summed E-state index contributed by atoms with van der Waals surface area (Å²) in [6.45, 7) is 3.76. The summed E-state index contributed by atoms with van der Waals surface area (Å²) in [5.41, 5.74) is 0. The highest BCUT2D eigenvalue weighted by Gasteiger charge is 2.29. The van der Waals surface area contributed by atoms with Gasteiger partial charge in [-0.2, -0.15) is 0 Å². The Labute approximate surface area is 83.8 Å². The van der Waals surface area contributed by atoms with Crippen molar-refractivity contribution in [1.82, 2.24) is 4.90 Å². The second kappa shape index (κ2) is 5.12. The molecule has 14 heavy (non-hydrogen) atoms. The van der Waals surface area contributed by atoms with Gasteiger partial charge in [0.15, 0.2) is 0 Å². The minimum absolute atomic E-state index is 0.377. The van der Waals surface area contributed by atoms with Crippen LogP contribution in [0.2, 0.25) is 0 Å². The number of hydrogen-bond acceptors (Lipinski definition) is 3. The van der Waals surface area contributed by atoms with E-state index in [9.17, 15) is 9.90 Å². The third kappa shape index (κ3) is 3.12. The predicted molar refractivity (Wildman–Crippen MR) is 53.0 cm³/mol. The van der Waals surface area contributed by atoms with Crippen LogP contribution in [0.25, 0.3) is 0 Å². The Morgan fingerprint density at radius 3 is 2.86 bits per heavy atom. The Bertz CT molecular complexity index is 227. The van der Waals surface area contributed by atoms with Crippen molar-refractivity contribution in [3.8, 4) is 0 Å². The quantitative estimate of drug-likeness (QED) is 0.643. The fraction of sp³-hybridized carbons (Fsp3) is 0.700. The molecule has 0 bridgehead atoms. The van der Waals surface area contributed by atoms with Gasteiger partial charge in [0.05, 0.1) is 12.0 Å². The minimum atomic E-state index is -0.811. The first-order valence-electron chi connectivity index (χ1n) is 4.88. The number of rotatable bonds is 3. The molecule has 0 radical (unpaired) electrons. The van der Waals surface area contributed by atoms with Crippen LogP contribution >= 0.6 is 0 Å². The van der Waals surface area contributed by atoms with Crippen molar-refractivity contribution in [1.29, 1.82) is 0 Å². The van der Waals surface area contributed by atoms with Crippen LogP contribution in [0.1, 0.15) is 13.3 Å². The van der Waals surface area contributed by atoms with Crippen LogP contribution in [0, 0.1) is 5.92 Å². The summed E-state index contributed by atoms with van der Waals surface area (Å²) in [5, 5.41) is 18.3. The highest BCUT2D eigenvalue weighted by molar-refractivity contribution is 5.70. The van der Waals surface area contributed by atoms with Crippen molar-refractivity contribution in [2.45, 2.75) is 19.4 Å². The van der Waals surface area contributed by atoms with Crippen LogP contribution < -0.4 is 0 Å². The van der Waals surface area contributed by atoms with E-state index >= 15 is 0 Å². The number of carboxylic acid groups (broad SMARTS) is 1. The van der Waals surface area contributed by atoms with E-state index in [1.54, 1.807) is 0 Å². The van der Waals surface area contributed by atoms with Crippen molar-refractivity contribution in [3.05, 3.63) is 12.2 Å². The molecule has 2 N–H and O–H groups in total. The topological polar surface area (TPSA) is 60.8 Å². The van der Waals surface area contributed by atoms with E-state index in [1.807, 2.05) is 24.0 Å². The molecule has 1 aliphatic heterocycles. The maximum absolute atomic E-state index is 10.8. The monoisotopic (exact) mass is 199 g/mol. The molecule has 1 rings (SSSR count). The first kappa shape index (κ1) is 11.2. The molecule has 0 aromatic rings. The van der Waals surface area contributed by atoms with E-state index in [-0.39, 0.29) is 0 Å². The van der Waals surface area contributed by atoms with Crippen LogP contribution in [0.4, 0.5) is 0 Å². The lowest BCUT2D eigenvalue weighted by atomic mass is 9.96. The number of piperidine rings is 1. The summed E-state index contributed by atoms with van der Waals surface area (Å²) >= 11 is 0. The summed E-state index contributed by atoms with van der Waals surface area (Å²) in [5.74, 6) is -1.24. The third-order valence-corrected chi connectivity index (χ3v) is 2.45. The molecule has 0 aromatic carbocycles. The van der Waals surface area contributed by atoms with E-state index in [0.717, 1.165) is 6.54 Å². The summed E-state index contributed by atoms with van der Waals surface area (Å²) < 4.78 is 0. The summed E-state index contributed by atoms with van der Waals surface area (Å²) in [6.07, 6.45) is 3.77. The van der Waals surface area contributed by atoms with Crippen molar-refractivity contribution in [2.75, 3.05) is 19.6 Å². The Balaban J connectivity index is 2.49. The minimum Gasteiger partial charge on any atom is -0.481 e. The number of likely N-dealkylation sites (tertiary alicyclic amines) is 1. The third-order valence-electron chi connectivity index (χ3n) is 2.45. The summed E-state index contributed by atoms with van der Waals surface area (Å²) in [6, 6.07) is 0. The normalized spacial score (nSPS) is 29.6. The highest BCUT2D eigenvalue weighted by atomic mass is 16.4. The second-order valence-electron chi connectivity index (χ2n) is 3.71. The predicted octanol–water partition coefficient (Wildman–Crippen LogP) is 0.330. The molecule has 1 heterocycles. The van der Waals surface area contributed by atoms with Crippen molar-refractivity contribution >= 4 is 5.97 Å². The standard InChI is InChI=1S/C10H17NO3/c1-2-3-4-11-6-8(10(13)14)5-9(12)7-11/h2-3,8-9,12H,4-7H2,1H3,(H,13,14). The Morgan fingerprint density at radius 2 is 2.29 bits per heavy atom. The largest absolute Gasteiger partial charge is 0.481 e. The fourth-order valence-electron chi connectivity index (χ4n) is 1.74. The highest BCUT2D eigenvalue weighted by Crippen LogP contribution is 2.16. The number of aliphatic hydroxyl groups is 1. The van der Waals surface area contributed by atoms with Gasteiger partial charge in [-0.3, -0.25) is 9.69 Å². The van der Waals surface area contributed by atoms with Crippen molar-refractivity contribution in [2.24, 2.45) is 5.92 Å². The van der Waals surface area contributed by atoms with E-state index in [0.29, 0.717) is 19.5 Å². The lowest BCUT2D eigenvalue weighted by Crippen LogP contribution is -2.45. The smallest absolute Gasteiger partial charge is 0.307 e. The molecule has 2 unspecified atom stereocenters. The zero-order chi connectivity index (χ0) is 10.6. The van der Waals surface area contributed by atoms with Crippen LogP contribution in [0.15, 0.2) is 12.2 Å². The van der Waals surface area contributed by atoms with E-state index < -0.39 is 18.0 Å². The lowest BCUT2D eigenvalue weighted by molar-refractivity contribution is -0.145.